The Morgan fingerprint density at radius 2 is 2.25 bits per heavy atom. The fourth-order valence-electron chi connectivity index (χ4n) is 2.98. The van der Waals surface area contributed by atoms with E-state index in [0.29, 0.717) is 17.0 Å². The lowest BCUT2D eigenvalue weighted by molar-refractivity contribution is 0.134. The average molecular weight is 311 g/mol. The standard InChI is InChI=1S/C16H16ClFOS/c17-11-5-4-10(14(18)9-11)8-15(19)12-2-1-3-16-13(12)6-7-20-16/h4-7,9,12,15,19H,1-3,8H2. The largest absolute Gasteiger partial charge is 0.392 e. The van der Waals surface area contributed by atoms with Gasteiger partial charge in [0.2, 0.25) is 0 Å². The molecule has 0 saturated carbocycles. The fourth-order valence-corrected chi connectivity index (χ4v) is 4.13. The Morgan fingerprint density at radius 3 is 3.05 bits per heavy atom. The minimum absolute atomic E-state index is 0.125. The first-order chi connectivity index (χ1) is 9.65. The molecule has 0 spiro atoms. The topological polar surface area (TPSA) is 20.2 Å². The van der Waals surface area contributed by atoms with E-state index in [-0.39, 0.29) is 11.7 Å². The second-order valence-corrected chi connectivity index (χ2v) is 6.74. The van der Waals surface area contributed by atoms with Crippen molar-refractivity contribution < 1.29 is 9.50 Å². The number of aryl methyl sites for hydroxylation is 1. The van der Waals surface area contributed by atoms with Gasteiger partial charge in [0, 0.05) is 22.2 Å². The van der Waals surface area contributed by atoms with E-state index >= 15 is 0 Å². The summed E-state index contributed by atoms with van der Waals surface area (Å²) in [5.41, 5.74) is 1.78. The van der Waals surface area contributed by atoms with Crippen LogP contribution in [0.4, 0.5) is 4.39 Å². The molecular formula is C16H16ClFOS. The van der Waals surface area contributed by atoms with Gasteiger partial charge >= 0.3 is 0 Å². The summed E-state index contributed by atoms with van der Waals surface area (Å²) in [4.78, 5) is 1.37. The van der Waals surface area contributed by atoms with E-state index in [2.05, 4.69) is 11.4 Å². The molecule has 3 rings (SSSR count). The summed E-state index contributed by atoms with van der Waals surface area (Å²) in [6.07, 6.45) is 2.96. The summed E-state index contributed by atoms with van der Waals surface area (Å²) in [5.74, 6) is -0.210. The van der Waals surface area contributed by atoms with E-state index in [0.717, 1.165) is 19.3 Å². The predicted octanol–water partition coefficient (Wildman–Crippen LogP) is 4.56. The number of aliphatic hydroxyl groups is 1. The minimum Gasteiger partial charge on any atom is -0.392 e. The van der Waals surface area contributed by atoms with Crippen LogP contribution in [0.3, 0.4) is 0 Å². The Balaban J connectivity index is 1.79. The molecule has 1 heterocycles. The van der Waals surface area contributed by atoms with E-state index in [1.54, 1.807) is 23.5 Å². The highest BCUT2D eigenvalue weighted by Gasteiger charge is 2.28. The summed E-state index contributed by atoms with van der Waals surface area (Å²) in [6, 6.07) is 6.74. The normalized spacial score (nSPS) is 19.6. The SMILES string of the molecule is OC(Cc1ccc(Cl)cc1F)C1CCCc2sccc21. The van der Waals surface area contributed by atoms with E-state index in [9.17, 15) is 9.50 Å². The quantitative estimate of drug-likeness (QED) is 0.881. The maximum atomic E-state index is 13.8. The van der Waals surface area contributed by atoms with Gasteiger partial charge in [-0.2, -0.15) is 0 Å². The summed E-state index contributed by atoms with van der Waals surface area (Å²) in [7, 11) is 0. The lowest BCUT2D eigenvalue weighted by atomic mass is 9.82. The average Bonchev–Trinajstić information content (AvgIpc) is 2.90. The first-order valence-corrected chi connectivity index (χ1v) is 8.09. The van der Waals surface area contributed by atoms with Crippen molar-refractivity contribution in [2.75, 3.05) is 0 Å². The number of halogens is 2. The first kappa shape index (κ1) is 14.1. The molecule has 1 nitrogen and oxygen atoms in total. The Bertz CT molecular complexity index is 610. The van der Waals surface area contributed by atoms with Crippen LogP contribution in [0.15, 0.2) is 29.6 Å². The van der Waals surface area contributed by atoms with Gasteiger partial charge in [-0.1, -0.05) is 17.7 Å². The third-order valence-electron chi connectivity index (χ3n) is 4.01. The lowest BCUT2D eigenvalue weighted by Gasteiger charge is -2.27. The van der Waals surface area contributed by atoms with E-state index in [1.807, 2.05) is 0 Å². The molecule has 106 valence electrons. The smallest absolute Gasteiger partial charge is 0.127 e. The van der Waals surface area contributed by atoms with Crippen molar-refractivity contribution in [1.82, 2.24) is 0 Å². The molecule has 0 fully saturated rings. The zero-order valence-corrected chi connectivity index (χ0v) is 12.6. The zero-order chi connectivity index (χ0) is 14.1. The van der Waals surface area contributed by atoms with Crippen LogP contribution in [0.2, 0.25) is 5.02 Å². The van der Waals surface area contributed by atoms with Crippen LogP contribution in [0.1, 0.15) is 34.8 Å². The molecule has 0 bridgehead atoms. The van der Waals surface area contributed by atoms with E-state index in [1.165, 1.54) is 16.5 Å². The molecule has 4 heteroatoms. The summed E-state index contributed by atoms with van der Waals surface area (Å²) < 4.78 is 13.8. The molecule has 0 saturated heterocycles. The maximum Gasteiger partial charge on any atom is 0.127 e. The van der Waals surface area contributed by atoms with Crippen molar-refractivity contribution in [3.8, 4) is 0 Å². The molecule has 2 aromatic rings. The molecule has 1 aliphatic rings. The Hall–Kier alpha value is -0.900. The lowest BCUT2D eigenvalue weighted by Crippen LogP contribution is -2.24. The third kappa shape index (κ3) is 2.76. The highest BCUT2D eigenvalue weighted by molar-refractivity contribution is 7.10. The van der Waals surface area contributed by atoms with Gasteiger partial charge < -0.3 is 5.11 Å². The van der Waals surface area contributed by atoms with Crippen molar-refractivity contribution in [2.24, 2.45) is 0 Å². The van der Waals surface area contributed by atoms with Gasteiger partial charge in [-0.05, 0) is 54.0 Å². The van der Waals surface area contributed by atoms with Crippen LogP contribution in [-0.2, 0) is 12.8 Å². The second kappa shape index (κ2) is 5.84. The number of fused-ring (bicyclic) bond motifs is 1. The summed E-state index contributed by atoms with van der Waals surface area (Å²) in [5, 5.41) is 13.0. The first-order valence-electron chi connectivity index (χ1n) is 6.83. The zero-order valence-electron chi connectivity index (χ0n) is 11.0. The fraction of sp³-hybridized carbons (Fsp3) is 0.375. The van der Waals surface area contributed by atoms with Crippen molar-refractivity contribution >= 4 is 22.9 Å². The van der Waals surface area contributed by atoms with Gasteiger partial charge in [0.15, 0.2) is 0 Å². The minimum atomic E-state index is -0.542. The van der Waals surface area contributed by atoms with Crippen LogP contribution < -0.4 is 0 Å². The van der Waals surface area contributed by atoms with Crippen molar-refractivity contribution in [3.63, 3.8) is 0 Å². The van der Waals surface area contributed by atoms with Crippen molar-refractivity contribution in [1.29, 1.82) is 0 Å². The number of hydrogen-bond donors (Lipinski definition) is 1. The molecule has 0 amide bonds. The summed E-state index contributed by atoms with van der Waals surface area (Å²) >= 11 is 7.51. The van der Waals surface area contributed by atoms with Crippen LogP contribution >= 0.6 is 22.9 Å². The van der Waals surface area contributed by atoms with Gasteiger partial charge in [-0.15, -0.1) is 11.3 Å². The number of hydrogen-bond acceptors (Lipinski definition) is 2. The Labute approximate surface area is 127 Å². The van der Waals surface area contributed by atoms with Crippen LogP contribution in [0.25, 0.3) is 0 Å². The predicted molar refractivity (Wildman–Crippen MR) is 81.1 cm³/mol. The van der Waals surface area contributed by atoms with E-state index < -0.39 is 6.10 Å². The summed E-state index contributed by atoms with van der Waals surface area (Å²) in [6.45, 7) is 0. The third-order valence-corrected chi connectivity index (χ3v) is 5.24. The van der Waals surface area contributed by atoms with Crippen LogP contribution in [-0.4, -0.2) is 11.2 Å². The van der Waals surface area contributed by atoms with Gasteiger partial charge in [0.05, 0.1) is 6.10 Å². The molecular weight excluding hydrogens is 295 g/mol. The Morgan fingerprint density at radius 1 is 1.40 bits per heavy atom. The molecule has 0 radical (unpaired) electrons. The van der Waals surface area contributed by atoms with Crippen LogP contribution in [0, 0.1) is 5.82 Å². The molecule has 1 aliphatic carbocycles. The van der Waals surface area contributed by atoms with Gasteiger partial charge in [-0.3, -0.25) is 0 Å². The monoisotopic (exact) mass is 310 g/mol. The molecule has 2 unspecified atom stereocenters. The van der Waals surface area contributed by atoms with Crippen LogP contribution in [0.5, 0.6) is 0 Å². The molecule has 1 aromatic carbocycles. The molecule has 20 heavy (non-hydrogen) atoms. The molecule has 0 aliphatic heterocycles. The van der Waals surface area contributed by atoms with Gasteiger partial charge in [0.25, 0.3) is 0 Å². The maximum absolute atomic E-state index is 13.8. The van der Waals surface area contributed by atoms with Crippen molar-refractivity contribution in [3.05, 3.63) is 56.5 Å². The Kier molecular flexibility index (Phi) is 4.11. The molecule has 1 N–H and O–H groups in total. The van der Waals surface area contributed by atoms with Gasteiger partial charge in [0.1, 0.15) is 5.82 Å². The number of rotatable bonds is 3. The number of benzene rings is 1. The molecule has 2 atom stereocenters. The molecule has 1 aromatic heterocycles. The van der Waals surface area contributed by atoms with E-state index in [4.69, 9.17) is 11.6 Å². The van der Waals surface area contributed by atoms with Crippen molar-refractivity contribution in [2.45, 2.75) is 37.7 Å². The van der Waals surface area contributed by atoms with Gasteiger partial charge in [-0.25, -0.2) is 4.39 Å². The highest BCUT2D eigenvalue weighted by atomic mass is 35.5. The number of aliphatic hydroxyl groups excluding tert-OH is 1. The highest BCUT2D eigenvalue weighted by Crippen LogP contribution is 2.38. The number of thiophene rings is 1. The second-order valence-electron chi connectivity index (χ2n) is 5.31.